The summed E-state index contributed by atoms with van der Waals surface area (Å²) >= 11 is 0. The summed E-state index contributed by atoms with van der Waals surface area (Å²) < 4.78 is 0. The largest absolute Gasteiger partial charge is 0.0776 e. The van der Waals surface area contributed by atoms with Crippen LogP contribution in [0, 0.1) is 13.8 Å². The van der Waals surface area contributed by atoms with Crippen LogP contribution in [0.1, 0.15) is 99.9 Å². The van der Waals surface area contributed by atoms with Gasteiger partial charge in [0.25, 0.3) is 0 Å². The minimum Gasteiger partial charge on any atom is -0.0776 e. The lowest BCUT2D eigenvalue weighted by atomic mass is 9.85. The predicted molar refractivity (Wildman–Crippen MR) is 201 cm³/mol. The van der Waals surface area contributed by atoms with E-state index >= 15 is 0 Å². The van der Waals surface area contributed by atoms with Gasteiger partial charge >= 0.3 is 0 Å². The lowest BCUT2D eigenvalue weighted by Gasteiger charge is -2.18. The van der Waals surface area contributed by atoms with Gasteiger partial charge in [0.15, 0.2) is 0 Å². The van der Waals surface area contributed by atoms with Crippen LogP contribution < -0.4 is 0 Å². The molecule has 0 aliphatic carbocycles. The highest BCUT2D eigenvalue weighted by Gasteiger charge is 2.16. The molecule has 6 aromatic rings. The Morgan fingerprint density at radius 2 is 0.476 bits per heavy atom. The molecule has 228 valence electrons. The number of fused-ring (bicyclic) bond motifs is 4. The quantitative estimate of drug-likeness (QED) is 0.183. The van der Waals surface area contributed by atoms with Gasteiger partial charge in [-0.3, -0.25) is 0 Å². The molecular formula is C42H60. The molecule has 0 unspecified atom stereocenters. The second kappa shape index (κ2) is 20.3. The van der Waals surface area contributed by atoms with Gasteiger partial charge in [0.2, 0.25) is 0 Å². The van der Waals surface area contributed by atoms with Gasteiger partial charge in [-0.05, 0) is 85.6 Å². The Hall–Kier alpha value is -3.64. The first-order chi connectivity index (χ1) is 19.2. The first-order valence-corrected chi connectivity index (χ1v) is 15.0. The van der Waals surface area contributed by atoms with Crippen molar-refractivity contribution in [1.82, 2.24) is 0 Å². The number of hydrogen-bond acceptors (Lipinski definition) is 0. The SMILES string of the molecule is C.C.C.CC.CC.CC.CC.Cc1c2ccccc2c(Cc2c3ccccc3c(C)c3ccccc23)c2ccccc12. The van der Waals surface area contributed by atoms with Gasteiger partial charge in [-0.15, -0.1) is 0 Å². The zero-order chi connectivity index (χ0) is 28.9. The van der Waals surface area contributed by atoms with Crippen molar-refractivity contribution >= 4 is 43.1 Å². The Balaban J connectivity index is 0. The van der Waals surface area contributed by atoms with E-state index in [-0.39, 0.29) is 22.3 Å². The summed E-state index contributed by atoms with van der Waals surface area (Å²) in [7, 11) is 0. The van der Waals surface area contributed by atoms with Crippen molar-refractivity contribution in [3.8, 4) is 0 Å². The molecule has 0 saturated carbocycles. The Morgan fingerprint density at radius 1 is 0.310 bits per heavy atom. The molecule has 0 N–H and O–H groups in total. The van der Waals surface area contributed by atoms with Crippen LogP contribution in [0.3, 0.4) is 0 Å². The molecule has 0 fully saturated rings. The van der Waals surface area contributed by atoms with Crippen LogP contribution in [0.4, 0.5) is 0 Å². The molecule has 0 aliphatic rings. The van der Waals surface area contributed by atoms with Crippen molar-refractivity contribution in [3.05, 3.63) is 119 Å². The van der Waals surface area contributed by atoms with Gasteiger partial charge in [-0.1, -0.05) is 175 Å². The van der Waals surface area contributed by atoms with E-state index in [0.29, 0.717) is 0 Å². The second-order valence-electron chi connectivity index (χ2n) is 8.57. The molecule has 0 aromatic heterocycles. The summed E-state index contributed by atoms with van der Waals surface area (Å²) in [4.78, 5) is 0. The van der Waals surface area contributed by atoms with E-state index in [0.717, 1.165) is 6.42 Å². The van der Waals surface area contributed by atoms with Crippen LogP contribution >= 0.6 is 0 Å². The van der Waals surface area contributed by atoms with E-state index in [1.807, 2.05) is 55.4 Å². The van der Waals surface area contributed by atoms with Crippen LogP contribution in [-0.4, -0.2) is 0 Å². The first-order valence-electron chi connectivity index (χ1n) is 15.0. The summed E-state index contributed by atoms with van der Waals surface area (Å²) in [6.07, 6.45) is 0.919. The minimum absolute atomic E-state index is 0. The third-order valence-electron chi connectivity index (χ3n) is 6.98. The molecule has 0 heteroatoms. The van der Waals surface area contributed by atoms with Crippen LogP contribution in [0.5, 0.6) is 0 Å². The van der Waals surface area contributed by atoms with Crippen LogP contribution in [-0.2, 0) is 6.42 Å². The molecule has 0 heterocycles. The van der Waals surface area contributed by atoms with E-state index in [2.05, 4.69) is 111 Å². The third-order valence-corrected chi connectivity index (χ3v) is 6.98. The smallest absolute Gasteiger partial charge is 0.000111 e. The van der Waals surface area contributed by atoms with Crippen LogP contribution in [0.2, 0.25) is 0 Å². The number of benzene rings is 6. The zero-order valence-electron chi connectivity index (χ0n) is 25.9. The average Bonchev–Trinajstić information content (AvgIpc) is 3.04. The second-order valence-corrected chi connectivity index (χ2v) is 8.57. The molecule has 6 rings (SSSR count). The Bertz CT molecular complexity index is 1380. The lowest BCUT2D eigenvalue weighted by molar-refractivity contribution is 1.27. The van der Waals surface area contributed by atoms with Gasteiger partial charge in [0.05, 0.1) is 0 Å². The molecule has 0 radical (unpaired) electrons. The lowest BCUT2D eigenvalue weighted by Crippen LogP contribution is -1.98. The molecule has 0 nitrogen and oxygen atoms in total. The van der Waals surface area contributed by atoms with Crippen molar-refractivity contribution in [2.45, 2.75) is 97.9 Å². The fourth-order valence-electron chi connectivity index (χ4n) is 5.43. The van der Waals surface area contributed by atoms with Crippen molar-refractivity contribution in [2.24, 2.45) is 0 Å². The first kappa shape index (κ1) is 40.5. The Morgan fingerprint density at radius 3 is 0.667 bits per heavy atom. The van der Waals surface area contributed by atoms with E-state index in [9.17, 15) is 0 Å². The fraction of sp³-hybridized carbons (Fsp3) is 0.333. The summed E-state index contributed by atoms with van der Waals surface area (Å²) in [6, 6.07) is 35.6. The maximum absolute atomic E-state index is 2.29. The van der Waals surface area contributed by atoms with E-state index < -0.39 is 0 Å². The third kappa shape index (κ3) is 7.80. The number of rotatable bonds is 2. The topological polar surface area (TPSA) is 0 Å². The average molecular weight is 565 g/mol. The molecule has 0 amide bonds. The fourth-order valence-corrected chi connectivity index (χ4v) is 5.43. The van der Waals surface area contributed by atoms with Gasteiger partial charge in [-0.25, -0.2) is 0 Å². The molecule has 42 heavy (non-hydrogen) atoms. The highest BCUT2D eigenvalue weighted by atomic mass is 14.2. The molecule has 0 saturated heterocycles. The summed E-state index contributed by atoms with van der Waals surface area (Å²) in [5.41, 5.74) is 5.59. The molecular weight excluding hydrogens is 504 g/mol. The summed E-state index contributed by atoms with van der Waals surface area (Å²) in [5, 5.41) is 10.9. The molecule has 0 spiro atoms. The zero-order valence-corrected chi connectivity index (χ0v) is 25.9. The standard InChI is InChI=1S/C31H24.4C2H6.3CH4/c1-20-22-11-3-7-15-26(22)30(27-16-8-4-12-23(20)27)19-31-28-17-9-5-13-24(28)21(2)25-14-6-10-18-29(25)31;4*1-2;;;/h3-18H,19H2,1-2H3;4*1-2H3;3*1H4. The summed E-state index contributed by atoms with van der Waals surface area (Å²) in [5.74, 6) is 0. The van der Waals surface area contributed by atoms with Crippen molar-refractivity contribution in [2.75, 3.05) is 0 Å². The highest BCUT2D eigenvalue weighted by molar-refractivity contribution is 6.09. The van der Waals surface area contributed by atoms with E-state index in [1.165, 1.54) is 65.3 Å². The van der Waals surface area contributed by atoms with Gasteiger partial charge in [0.1, 0.15) is 0 Å². The number of aryl methyl sites for hydroxylation is 2. The maximum Gasteiger partial charge on any atom is -0.000111 e. The van der Waals surface area contributed by atoms with Gasteiger partial charge < -0.3 is 0 Å². The minimum atomic E-state index is 0. The normalized spacial score (nSPS) is 9.19. The van der Waals surface area contributed by atoms with E-state index in [4.69, 9.17) is 0 Å². The number of hydrogen-bond donors (Lipinski definition) is 0. The monoisotopic (exact) mass is 564 g/mol. The maximum atomic E-state index is 2.29. The van der Waals surface area contributed by atoms with Crippen LogP contribution in [0.15, 0.2) is 97.1 Å². The highest BCUT2D eigenvalue weighted by Crippen LogP contribution is 2.38. The molecule has 0 atom stereocenters. The summed E-state index contributed by atoms with van der Waals surface area (Å²) in [6.45, 7) is 20.5. The Kier molecular flexibility index (Phi) is 19.5. The van der Waals surface area contributed by atoms with Crippen molar-refractivity contribution < 1.29 is 0 Å². The van der Waals surface area contributed by atoms with E-state index in [1.54, 1.807) is 0 Å². The van der Waals surface area contributed by atoms with Crippen LogP contribution in [0.25, 0.3) is 43.1 Å². The van der Waals surface area contributed by atoms with Crippen molar-refractivity contribution in [1.29, 1.82) is 0 Å². The Labute approximate surface area is 259 Å². The molecule has 0 bridgehead atoms. The van der Waals surface area contributed by atoms with Gasteiger partial charge in [-0.2, -0.15) is 0 Å². The predicted octanol–water partition coefficient (Wildman–Crippen LogP) is 14.5. The van der Waals surface area contributed by atoms with Gasteiger partial charge in [0, 0.05) is 0 Å². The molecule has 0 aliphatic heterocycles. The van der Waals surface area contributed by atoms with Crippen molar-refractivity contribution in [3.63, 3.8) is 0 Å². The molecule has 6 aromatic carbocycles.